The quantitative estimate of drug-likeness (QED) is 0.636. The zero-order valence-electron chi connectivity index (χ0n) is 16.4. The lowest BCUT2D eigenvalue weighted by Gasteiger charge is -2.20. The van der Waals surface area contributed by atoms with Crippen molar-refractivity contribution in [1.82, 2.24) is 15.5 Å². The molecule has 0 saturated heterocycles. The normalized spacial score (nSPS) is 14.0. The van der Waals surface area contributed by atoms with Crippen molar-refractivity contribution in [2.75, 3.05) is 12.9 Å². The molecular weight excluding hydrogens is 382 g/mol. The molecule has 0 spiro atoms. The summed E-state index contributed by atoms with van der Waals surface area (Å²) in [6, 6.07) is 6.75. The molecule has 2 atom stereocenters. The minimum absolute atomic E-state index is 0.0318. The second kappa shape index (κ2) is 9.50. The fraction of sp³-hybridized carbons (Fsp3) is 0.421. The number of hydrogen-bond donors (Lipinski definition) is 1. The van der Waals surface area contributed by atoms with Gasteiger partial charge in [0.25, 0.3) is 0 Å². The average molecular weight is 407 g/mol. The second-order valence-electron chi connectivity index (χ2n) is 6.39. The highest BCUT2D eigenvalue weighted by molar-refractivity contribution is 7.90. The summed E-state index contributed by atoms with van der Waals surface area (Å²) in [6.45, 7) is 6.36. The van der Waals surface area contributed by atoms with Crippen LogP contribution in [0.1, 0.15) is 44.7 Å². The Morgan fingerprint density at radius 2 is 1.93 bits per heavy atom. The lowest BCUT2D eigenvalue weighted by Crippen LogP contribution is -2.31. The molecule has 28 heavy (non-hydrogen) atoms. The van der Waals surface area contributed by atoms with Crippen molar-refractivity contribution < 1.29 is 22.4 Å². The van der Waals surface area contributed by atoms with Gasteiger partial charge in [0, 0.05) is 12.3 Å². The summed E-state index contributed by atoms with van der Waals surface area (Å²) in [7, 11) is -3.61. The van der Waals surface area contributed by atoms with Gasteiger partial charge in [-0.25, -0.2) is 8.42 Å². The molecule has 0 aliphatic heterocycles. The average Bonchev–Trinajstić information content (AvgIpc) is 3.15. The van der Waals surface area contributed by atoms with E-state index in [4.69, 9.17) is 9.15 Å². The summed E-state index contributed by atoms with van der Waals surface area (Å²) in [5.74, 6) is 0.450. The molecular formula is C19H25N3O5S. The number of hydrogen-bond acceptors (Lipinski definition) is 7. The van der Waals surface area contributed by atoms with E-state index >= 15 is 0 Å². The van der Waals surface area contributed by atoms with Crippen LogP contribution < -0.4 is 10.1 Å². The molecule has 1 aromatic carbocycles. The van der Waals surface area contributed by atoms with Crippen LogP contribution in [0.3, 0.4) is 0 Å². The molecule has 2 aromatic rings. The van der Waals surface area contributed by atoms with Gasteiger partial charge in [-0.05, 0) is 36.6 Å². The monoisotopic (exact) mass is 407 g/mol. The van der Waals surface area contributed by atoms with Crippen LogP contribution in [0.5, 0.6) is 5.75 Å². The molecule has 1 aromatic heterocycles. The van der Waals surface area contributed by atoms with Gasteiger partial charge in [-0.15, -0.1) is 5.10 Å². The van der Waals surface area contributed by atoms with Gasteiger partial charge in [-0.2, -0.15) is 0 Å². The first-order valence-corrected chi connectivity index (χ1v) is 10.9. The topological polar surface area (TPSA) is 111 Å². The Balaban J connectivity index is 2.11. The molecule has 1 amide bonds. The van der Waals surface area contributed by atoms with Crippen molar-refractivity contribution in [3.63, 3.8) is 0 Å². The minimum atomic E-state index is -3.61. The maximum Gasteiger partial charge on any atom is 0.335 e. The summed E-state index contributed by atoms with van der Waals surface area (Å²) < 4.78 is 33.8. The van der Waals surface area contributed by atoms with Gasteiger partial charge in [0.05, 0.1) is 6.61 Å². The lowest BCUT2D eigenvalue weighted by atomic mass is 9.99. The van der Waals surface area contributed by atoms with Crippen molar-refractivity contribution >= 4 is 21.8 Å². The third kappa shape index (κ3) is 5.91. The van der Waals surface area contributed by atoms with Crippen molar-refractivity contribution in [3.8, 4) is 5.75 Å². The summed E-state index contributed by atoms with van der Waals surface area (Å²) in [5.41, 5.74) is 0.843. The van der Waals surface area contributed by atoms with E-state index in [1.54, 1.807) is 6.08 Å². The van der Waals surface area contributed by atoms with Gasteiger partial charge in [0.15, 0.2) is 0 Å². The predicted octanol–water partition coefficient (Wildman–Crippen LogP) is 2.79. The number of ether oxygens (including phenoxy) is 1. The van der Waals surface area contributed by atoms with E-state index < -0.39 is 21.1 Å². The number of benzene rings is 1. The van der Waals surface area contributed by atoms with Crippen LogP contribution in [-0.2, 0) is 14.6 Å². The highest BCUT2D eigenvalue weighted by Gasteiger charge is 2.27. The second-order valence-corrected chi connectivity index (χ2v) is 8.28. The van der Waals surface area contributed by atoms with E-state index in [-0.39, 0.29) is 17.7 Å². The third-order valence-electron chi connectivity index (χ3n) is 4.13. The Labute approximate surface area is 164 Å². The van der Waals surface area contributed by atoms with E-state index in [1.807, 2.05) is 45.0 Å². The van der Waals surface area contributed by atoms with Crippen LogP contribution in [0, 0.1) is 5.92 Å². The molecule has 0 aliphatic carbocycles. The molecule has 0 fully saturated rings. The predicted molar refractivity (Wildman–Crippen MR) is 104 cm³/mol. The number of sulfone groups is 1. The molecule has 1 N–H and O–H groups in total. The Hall–Kier alpha value is -2.68. The summed E-state index contributed by atoms with van der Waals surface area (Å²) >= 11 is 0. The first kappa shape index (κ1) is 21.6. The molecule has 0 saturated carbocycles. The number of rotatable bonds is 9. The molecule has 0 radical (unpaired) electrons. The highest BCUT2D eigenvalue weighted by Crippen LogP contribution is 2.24. The van der Waals surface area contributed by atoms with E-state index in [2.05, 4.69) is 15.5 Å². The van der Waals surface area contributed by atoms with E-state index in [0.717, 1.165) is 24.0 Å². The van der Waals surface area contributed by atoms with Gasteiger partial charge >= 0.3 is 5.22 Å². The van der Waals surface area contributed by atoms with Crippen LogP contribution in [-0.4, -0.2) is 37.4 Å². The first-order chi connectivity index (χ1) is 13.2. The number of aromatic nitrogens is 2. The van der Waals surface area contributed by atoms with Crippen molar-refractivity contribution in [2.45, 2.75) is 38.5 Å². The van der Waals surface area contributed by atoms with E-state index in [1.165, 1.54) is 6.08 Å². The van der Waals surface area contributed by atoms with Crippen LogP contribution in [0.4, 0.5) is 0 Å². The van der Waals surface area contributed by atoms with Crippen molar-refractivity contribution in [2.24, 2.45) is 5.92 Å². The van der Waals surface area contributed by atoms with Crippen LogP contribution in [0.25, 0.3) is 6.08 Å². The van der Waals surface area contributed by atoms with E-state index in [9.17, 15) is 13.2 Å². The molecule has 0 aliphatic rings. The number of nitrogens with one attached hydrogen (secondary N) is 1. The summed E-state index contributed by atoms with van der Waals surface area (Å²) in [6.07, 6.45) is 4.79. The Morgan fingerprint density at radius 1 is 1.25 bits per heavy atom. The Bertz CT molecular complexity index is 919. The molecule has 152 valence electrons. The standard InChI is InChI=1S/C19H25N3O5S/c1-5-13(3)17(18-21-22-19(27-18)28(4,24)25)20-16(23)12-9-14-7-10-15(11-8-14)26-6-2/h7-13,17H,5-6H2,1-4H3,(H,20,23)/b12-9+/t13-,17+/m1/s1. The first-order valence-electron chi connectivity index (χ1n) is 8.99. The zero-order chi connectivity index (χ0) is 20.7. The number of carbonyl (C=O) groups excluding carboxylic acids is 1. The van der Waals surface area contributed by atoms with Gasteiger partial charge in [-0.3, -0.25) is 4.79 Å². The molecule has 8 nitrogen and oxygen atoms in total. The third-order valence-corrected chi connectivity index (χ3v) is 4.93. The fourth-order valence-electron chi connectivity index (χ4n) is 2.39. The lowest BCUT2D eigenvalue weighted by molar-refractivity contribution is -0.117. The number of amides is 1. The molecule has 0 unspecified atom stereocenters. The van der Waals surface area contributed by atoms with E-state index in [0.29, 0.717) is 6.61 Å². The molecule has 0 bridgehead atoms. The number of nitrogens with zero attached hydrogens (tertiary/aromatic N) is 2. The van der Waals surface area contributed by atoms with Gasteiger partial charge < -0.3 is 14.5 Å². The van der Waals surface area contributed by atoms with Gasteiger partial charge in [0.1, 0.15) is 11.8 Å². The SMILES string of the molecule is CCOc1ccc(/C=C/C(=O)N[C@H](c2nnc(S(C)(=O)=O)o2)[C@H](C)CC)cc1. The Kier molecular flexibility index (Phi) is 7.33. The number of carbonyl (C=O) groups is 1. The van der Waals surface area contributed by atoms with Crippen molar-refractivity contribution in [1.29, 1.82) is 0 Å². The summed E-state index contributed by atoms with van der Waals surface area (Å²) in [4.78, 5) is 12.4. The van der Waals surface area contributed by atoms with Gasteiger partial charge in [-0.1, -0.05) is 37.5 Å². The van der Waals surface area contributed by atoms with Gasteiger partial charge in [0.2, 0.25) is 21.6 Å². The molecule has 2 rings (SSSR count). The maximum absolute atomic E-state index is 12.4. The minimum Gasteiger partial charge on any atom is -0.494 e. The molecule has 9 heteroatoms. The Morgan fingerprint density at radius 3 is 2.46 bits per heavy atom. The zero-order valence-corrected chi connectivity index (χ0v) is 17.2. The smallest absolute Gasteiger partial charge is 0.335 e. The van der Waals surface area contributed by atoms with Crippen LogP contribution >= 0.6 is 0 Å². The fourth-order valence-corrected chi connectivity index (χ4v) is 2.82. The summed E-state index contributed by atoms with van der Waals surface area (Å²) in [5, 5.41) is 9.71. The van der Waals surface area contributed by atoms with Crippen LogP contribution in [0.15, 0.2) is 40.0 Å². The molecule has 1 heterocycles. The van der Waals surface area contributed by atoms with Crippen molar-refractivity contribution in [3.05, 3.63) is 41.8 Å². The van der Waals surface area contributed by atoms with Crippen LogP contribution in [0.2, 0.25) is 0 Å². The maximum atomic E-state index is 12.4. The highest BCUT2D eigenvalue weighted by atomic mass is 32.2. The largest absolute Gasteiger partial charge is 0.494 e.